The van der Waals surface area contributed by atoms with Crippen molar-refractivity contribution in [2.24, 2.45) is 0 Å². The Morgan fingerprint density at radius 3 is 2.83 bits per heavy atom. The number of halogens is 1. The lowest BCUT2D eigenvalue weighted by atomic mass is 10.2. The van der Waals surface area contributed by atoms with E-state index in [1.807, 2.05) is 0 Å². The number of urea groups is 1. The van der Waals surface area contributed by atoms with Crippen molar-refractivity contribution in [3.8, 4) is 0 Å². The Labute approximate surface area is 140 Å². The Hall–Kier alpha value is -2.15. The molecule has 2 heterocycles. The van der Waals surface area contributed by atoms with E-state index in [0.717, 1.165) is 25.9 Å². The smallest absolute Gasteiger partial charge is 0.322 e. The molecule has 3 amide bonds. The van der Waals surface area contributed by atoms with E-state index < -0.39 is 17.9 Å². The molecule has 0 bridgehead atoms. The number of nitrogens with zero attached hydrogens (tertiary/aromatic N) is 1. The number of carbonyl (C=O) groups excluding carboxylic acids is 2. The van der Waals surface area contributed by atoms with E-state index in [2.05, 4.69) is 10.6 Å². The fourth-order valence-corrected chi connectivity index (χ4v) is 3.17. The second-order valence-electron chi connectivity index (χ2n) is 6.14. The molecule has 2 unspecified atom stereocenters. The minimum absolute atomic E-state index is 0.0658. The van der Waals surface area contributed by atoms with Crippen molar-refractivity contribution >= 4 is 17.6 Å². The Bertz CT molecular complexity index is 604. The number of carbonyl (C=O) groups is 2. The van der Waals surface area contributed by atoms with Gasteiger partial charge in [0, 0.05) is 19.7 Å². The molecular formula is C17H22FN3O3. The maximum atomic E-state index is 13.7. The second-order valence-corrected chi connectivity index (χ2v) is 6.14. The van der Waals surface area contributed by atoms with Gasteiger partial charge in [0.15, 0.2) is 0 Å². The molecule has 24 heavy (non-hydrogen) atoms. The van der Waals surface area contributed by atoms with Crippen LogP contribution < -0.4 is 10.6 Å². The number of anilines is 1. The number of rotatable bonds is 4. The van der Waals surface area contributed by atoms with Gasteiger partial charge in [-0.2, -0.15) is 0 Å². The number of benzene rings is 1. The third-order valence-corrected chi connectivity index (χ3v) is 4.46. The summed E-state index contributed by atoms with van der Waals surface area (Å²) in [7, 11) is 0. The van der Waals surface area contributed by atoms with Gasteiger partial charge in [-0.25, -0.2) is 9.18 Å². The zero-order chi connectivity index (χ0) is 16.9. The Morgan fingerprint density at radius 2 is 2.08 bits per heavy atom. The molecular weight excluding hydrogens is 313 g/mol. The van der Waals surface area contributed by atoms with E-state index in [4.69, 9.17) is 4.74 Å². The average Bonchev–Trinajstić information content (AvgIpc) is 3.26. The molecule has 1 aromatic carbocycles. The van der Waals surface area contributed by atoms with Crippen LogP contribution in [-0.4, -0.2) is 48.7 Å². The minimum atomic E-state index is -0.516. The first kappa shape index (κ1) is 16.7. The molecule has 0 aromatic heterocycles. The minimum Gasteiger partial charge on any atom is -0.376 e. The van der Waals surface area contributed by atoms with Crippen LogP contribution in [0.5, 0.6) is 0 Å². The normalized spacial score (nSPS) is 23.3. The van der Waals surface area contributed by atoms with Gasteiger partial charge in [-0.05, 0) is 37.8 Å². The standard InChI is InChI=1S/C17H22FN3O3/c18-13-6-1-2-7-14(13)20-17(23)21-9-3-8-15(21)16(22)19-11-12-5-4-10-24-12/h1-2,6-7,12,15H,3-5,8-11H2,(H,19,22)(H,20,23). The van der Waals surface area contributed by atoms with Crippen molar-refractivity contribution in [2.45, 2.75) is 37.8 Å². The molecule has 0 aliphatic carbocycles. The molecule has 6 nitrogen and oxygen atoms in total. The molecule has 2 atom stereocenters. The van der Waals surface area contributed by atoms with Crippen molar-refractivity contribution in [3.05, 3.63) is 30.1 Å². The zero-order valence-corrected chi connectivity index (χ0v) is 13.5. The molecule has 1 aromatic rings. The van der Waals surface area contributed by atoms with Gasteiger partial charge in [0.2, 0.25) is 5.91 Å². The van der Waals surface area contributed by atoms with Crippen LogP contribution in [0.3, 0.4) is 0 Å². The molecule has 2 aliphatic heterocycles. The monoisotopic (exact) mass is 335 g/mol. The fourth-order valence-electron chi connectivity index (χ4n) is 3.17. The summed E-state index contributed by atoms with van der Waals surface area (Å²) in [6.07, 6.45) is 3.39. The largest absolute Gasteiger partial charge is 0.376 e. The van der Waals surface area contributed by atoms with Gasteiger partial charge in [-0.1, -0.05) is 12.1 Å². The Balaban J connectivity index is 1.56. The van der Waals surface area contributed by atoms with Crippen LogP contribution >= 0.6 is 0 Å². The van der Waals surface area contributed by atoms with Gasteiger partial charge in [-0.15, -0.1) is 0 Å². The van der Waals surface area contributed by atoms with E-state index in [1.54, 1.807) is 12.1 Å². The molecule has 2 aliphatic rings. The van der Waals surface area contributed by atoms with Gasteiger partial charge in [0.05, 0.1) is 11.8 Å². The predicted octanol–water partition coefficient (Wildman–Crippen LogP) is 2.12. The third-order valence-electron chi connectivity index (χ3n) is 4.46. The number of likely N-dealkylation sites (tertiary alicyclic amines) is 1. The summed E-state index contributed by atoms with van der Waals surface area (Å²) < 4.78 is 19.1. The molecule has 2 saturated heterocycles. The van der Waals surface area contributed by atoms with Crippen LogP contribution in [0.2, 0.25) is 0 Å². The lowest BCUT2D eigenvalue weighted by molar-refractivity contribution is -0.125. The maximum absolute atomic E-state index is 13.7. The van der Waals surface area contributed by atoms with Crippen molar-refractivity contribution in [1.82, 2.24) is 10.2 Å². The maximum Gasteiger partial charge on any atom is 0.322 e. The van der Waals surface area contributed by atoms with E-state index in [0.29, 0.717) is 19.5 Å². The number of amides is 3. The summed E-state index contributed by atoms with van der Waals surface area (Å²) in [5.41, 5.74) is 0.118. The lowest BCUT2D eigenvalue weighted by Gasteiger charge is -2.25. The van der Waals surface area contributed by atoms with Gasteiger partial charge in [-0.3, -0.25) is 4.79 Å². The van der Waals surface area contributed by atoms with E-state index in [9.17, 15) is 14.0 Å². The SMILES string of the molecule is O=C(NCC1CCCO1)C1CCCN1C(=O)Nc1ccccc1F. The van der Waals surface area contributed by atoms with Crippen LogP contribution in [0, 0.1) is 5.82 Å². The molecule has 2 N–H and O–H groups in total. The van der Waals surface area contributed by atoms with E-state index in [1.165, 1.54) is 17.0 Å². The van der Waals surface area contributed by atoms with Crippen LogP contribution in [0.1, 0.15) is 25.7 Å². The number of ether oxygens (including phenoxy) is 1. The number of hydrogen-bond donors (Lipinski definition) is 2. The first-order valence-corrected chi connectivity index (χ1v) is 8.36. The van der Waals surface area contributed by atoms with Gasteiger partial charge >= 0.3 is 6.03 Å². The fraction of sp³-hybridized carbons (Fsp3) is 0.529. The first-order valence-electron chi connectivity index (χ1n) is 8.36. The van der Waals surface area contributed by atoms with Crippen molar-refractivity contribution in [3.63, 3.8) is 0 Å². The first-order chi connectivity index (χ1) is 11.6. The summed E-state index contributed by atoms with van der Waals surface area (Å²) in [4.78, 5) is 26.2. The number of hydrogen-bond acceptors (Lipinski definition) is 3. The van der Waals surface area contributed by atoms with Crippen molar-refractivity contribution in [1.29, 1.82) is 0 Å². The highest BCUT2D eigenvalue weighted by Crippen LogP contribution is 2.20. The van der Waals surface area contributed by atoms with Crippen LogP contribution in [-0.2, 0) is 9.53 Å². The predicted molar refractivity (Wildman–Crippen MR) is 87.1 cm³/mol. The summed E-state index contributed by atoms with van der Waals surface area (Å²) in [5, 5.41) is 5.41. The highest BCUT2D eigenvalue weighted by molar-refractivity contribution is 5.94. The van der Waals surface area contributed by atoms with Crippen molar-refractivity contribution in [2.75, 3.05) is 25.0 Å². The van der Waals surface area contributed by atoms with Gasteiger partial charge in [0.1, 0.15) is 11.9 Å². The van der Waals surface area contributed by atoms with E-state index in [-0.39, 0.29) is 17.7 Å². The molecule has 7 heteroatoms. The van der Waals surface area contributed by atoms with Crippen LogP contribution in [0.25, 0.3) is 0 Å². The van der Waals surface area contributed by atoms with Crippen LogP contribution in [0.4, 0.5) is 14.9 Å². The Morgan fingerprint density at radius 1 is 1.25 bits per heavy atom. The van der Waals surface area contributed by atoms with Gasteiger partial charge < -0.3 is 20.3 Å². The van der Waals surface area contributed by atoms with Crippen molar-refractivity contribution < 1.29 is 18.7 Å². The second kappa shape index (κ2) is 7.61. The zero-order valence-electron chi connectivity index (χ0n) is 13.5. The summed E-state index contributed by atoms with van der Waals surface area (Å²) in [5.74, 6) is -0.670. The topological polar surface area (TPSA) is 70.7 Å². The third kappa shape index (κ3) is 3.84. The highest BCUT2D eigenvalue weighted by Gasteiger charge is 2.34. The Kier molecular flexibility index (Phi) is 5.30. The number of para-hydroxylation sites is 1. The lowest BCUT2D eigenvalue weighted by Crippen LogP contribution is -2.48. The molecule has 0 radical (unpaired) electrons. The highest BCUT2D eigenvalue weighted by atomic mass is 19.1. The quantitative estimate of drug-likeness (QED) is 0.885. The van der Waals surface area contributed by atoms with E-state index >= 15 is 0 Å². The molecule has 3 rings (SSSR count). The summed E-state index contributed by atoms with van der Waals surface area (Å²) >= 11 is 0. The van der Waals surface area contributed by atoms with Gasteiger partial charge in [0.25, 0.3) is 0 Å². The average molecular weight is 335 g/mol. The molecule has 0 spiro atoms. The summed E-state index contributed by atoms with van der Waals surface area (Å²) in [6.45, 7) is 1.69. The molecule has 130 valence electrons. The number of nitrogens with one attached hydrogen (secondary N) is 2. The van der Waals surface area contributed by atoms with Crippen LogP contribution in [0.15, 0.2) is 24.3 Å². The molecule has 0 saturated carbocycles. The summed E-state index contributed by atoms with van der Waals surface area (Å²) in [6, 6.07) is 5.02. The molecule has 2 fully saturated rings.